The molecule has 2 atom stereocenters. The van der Waals surface area contributed by atoms with Crippen molar-refractivity contribution in [3.05, 3.63) is 0 Å². The molecule has 0 rings (SSSR count). The fourth-order valence-electron chi connectivity index (χ4n) is 1.72. The van der Waals surface area contributed by atoms with Gasteiger partial charge in [-0.25, -0.2) is 0 Å². The molecule has 26 heavy (non-hydrogen) atoms. The van der Waals surface area contributed by atoms with E-state index >= 15 is 0 Å². The zero-order valence-electron chi connectivity index (χ0n) is 13.2. The van der Waals surface area contributed by atoms with E-state index in [9.17, 15) is 43.9 Å². The number of ether oxygens (including phenoxy) is 2. The van der Waals surface area contributed by atoms with E-state index in [-0.39, 0.29) is 7.11 Å². The van der Waals surface area contributed by atoms with Gasteiger partial charge in [-0.1, -0.05) is 0 Å². The number of alkyl halides is 12. The Bertz CT molecular complexity index is 481. The summed E-state index contributed by atoms with van der Waals surface area (Å²) in [6.07, 6.45) is -14.4. The highest BCUT2D eigenvalue weighted by molar-refractivity contribution is 6.31. The molecule has 0 aromatic heterocycles. The zero-order chi connectivity index (χ0) is 21.4. The molecule has 2 unspecified atom stereocenters. The lowest BCUT2D eigenvalue weighted by Crippen LogP contribution is -2.69. The summed E-state index contributed by atoms with van der Waals surface area (Å²) in [7, 11) is 2.29. The molecule has 0 amide bonds. The van der Waals surface area contributed by atoms with Crippen molar-refractivity contribution in [3.8, 4) is 0 Å². The molecular weight excluding hydrogens is 439 g/mol. The molecule has 0 heterocycles. The van der Waals surface area contributed by atoms with Crippen LogP contribution in [-0.2, 0) is 9.47 Å². The van der Waals surface area contributed by atoms with E-state index in [1.54, 1.807) is 0 Å². The first kappa shape index (κ1) is 25.8. The number of methoxy groups -OCH3 is 1. The van der Waals surface area contributed by atoms with Crippen LogP contribution in [0.2, 0.25) is 0 Å². The predicted molar refractivity (Wildman–Crippen MR) is 70.4 cm³/mol. The molecule has 0 radical (unpaired) electrons. The zero-order valence-corrected chi connectivity index (χ0v) is 14.7. The van der Waals surface area contributed by atoms with E-state index < -0.39 is 47.5 Å². The van der Waals surface area contributed by atoms with Crippen molar-refractivity contribution in [2.24, 2.45) is 0 Å². The molecule has 0 aliphatic heterocycles. The Morgan fingerprint density at radius 3 is 1.54 bits per heavy atom. The third kappa shape index (κ3) is 4.78. The Balaban J connectivity index is 6.21. The van der Waals surface area contributed by atoms with Gasteiger partial charge in [-0.15, -0.1) is 0 Å². The molecule has 0 fully saturated rings. The third-order valence-corrected chi connectivity index (χ3v) is 3.83. The summed E-state index contributed by atoms with van der Waals surface area (Å²) in [5.41, 5.74) is -4.93. The van der Waals surface area contributed by atoms with Crippen LogP contribution in [0.4, 0.5) is 43.9 Å². The van der Waals surface area contributed by atoms with Gasteiger partial charge in [0.25, 0.3) is 0 Å². The minimum absolute atomic E-state index is 0.0344. The molecule has 0 aromatic carbocycles. The van der Waals surface area contributed by atoms with Crippen LogP contribution in [0.5, 0.6) is 0 Å². The van der Waals surface area contributed by atoms with Gasteiger partial charge in [-0.3, -0.25) is 4.74 Å². The normalized spacial score (nSPS) is 19.4. The molecule has 0 aliphatic carbocycles. The van der Waals surface area contributed by atoms with Gasteiger partial charge in [0, 0.05) is 20.1 Å². The Morgan fingerprint density at radius 1 is 0.846 bits per heavy atom. The van der Waals surface area contributed by atoms with E-state index in [1.807, 2.05) is 0 Å². The summed E-state index contributed by atoms with van der Waals surface area (Å²) in [6, 6.07) is 0. The van der Waals surface area contributed by atoms with Crippen molar-refractivity contribution >= 4 is 23.2 Å². The summed E-state index contributed by atoms with van der Waals surface area (Å²) in [6.45, 7) is -0.855. The molecule has 0 saturated carbocycles. The smallest absolute Gasteiger partial charge is 0.363 e. The predicted octanol–water partition coefficient (Wildman–Crippen LogP) is 4.82. The van der Waals surface area contributed by atoms with E-state index in [1.165, 1.54) is 0 Å². The number of halogens is 12. The number of hydrogen-bond acceptors (Lipinski definition) is 3. The average Bonchev–Trinajstić information content (AvgIpc) is 2.34. The van der Waals surface area contributed by atoms with E-state index in [0.717, 1.165) is 19.0 Å². The molecular formula is C11H13Cl2F10NO2. The van der Waals surface area contributed by atoms with Gasteiger partial charge >= 0.3 is 28.9 Å². The standard InChI is InChI=1S/C11H13Cl2F10NO2/c1-24(2)5-4-6(25-3,10(19,20)21)7(14,15)11(22,23)26-9(13,18)8(12,16)17/h4-5H2,1-3H3. The second kappa shape index (κ2) is 7.64. The average molecular weight is 452 g/mol. The molecule has 0 saturated heterocycles. The van der Waals surface area contributed by atoms with E-state index in [2.05, 4.69) is 32.7 Å². The van der Waals surface area contributed by atoms with Crippen molar-refractivity contribution in [1.29, 1.82) is 0 Å². The fraction of sp³-hybridized carbons (Fsp3) is 1.00. The fourth-order valence-corrected chi connectivity index (χ4v) is 1.86. The van der Waals surface area contributed by atoms with Gasteiger partial charge in [0.2, 0.25) is 5.60 Å². The van der Waals surface area contributed by atoms with Gasteiger partial charge in [-0.2, -0.15) is 43.9 Å². The van der Waals surface area contributed by atoms with Crippen molar-refractivity contribution in [2.45, 2.75) is 40.9 Å². The molecule has 0 spiro atoms. The highest BCUT2D eigenvalue weighted by Crippen LogP contribution is 2.56. The summed E-state index contributed by atoms with van der Waals surface area (Å²) in [5.74, 6) is -6.39. The molecule has 0 aliphatic rings. The summed E-state index contributed by atoms with van der Waals surface area (Å²) < 4.78 is 140. The van der Waals surface area contributed by atoms with Crippen LogP contribution in [-0.4, -0.2) is 67.2 Å². The van der Waals surface area contributed by atoms with Crippen LogP contribution >= 0.6 is 23.2 Å². The molecule has 0 bridgehead atoms. The Labute approximate surface area is 151 Å². The number of rotatable bonds is 9. The van der Waals surface area contributed by atoms with Crippen LogP contribution in [0.3, 0.4) is 0 Å². The molecule has 158 valence electrons. The minimum Gasteiger partial charge on any atom is -0.363 e. The Kier molecular flexibility index (Phi) is 7.57. The quantitative estimate of drug-likeness (QED) is 0.370. The molecule has 3 nitrogen and oxygen atoms in total. The Morgan fingerprint density at radius 2 is 1.27 bits per heavy atom. The topological polar surface area (TPSA) is 21.7 Å². The molecule has 0 N–H and O–H groups in total. The summed E-state index contributed by atoms with van der Waals surface area (Å²) >= 11 is 8.24. The van der Waals surface area contributed by atoms with E-state index in [4.69, 9.17) is 0 Å². The first-order chi connectivity index (χ1) is 11.2. The van der Waals surface area contributed by atoms with Crippen LogP contribution in [0, 0.1) is 0 Å². The summed E-state index contributed by atoms with van der Waals surface area (Å²) in [4.78, 5) is 0.919. The highest BCUT2D eigenvalue weighted by atomic mass is 35.5. The lowest BCUT2D eigenvalue weighted by molar-refractivity contribution is -0.459. The maximum Gasteiger partial charge on any atom is 0.426 e. The van der Waals surface area contributed by atoms with Crippen molar-refractivity contribution in [2.75, 3.05) is 27.7 Å². The Hall–Kier alpha value is -0.240. The lowest BCUT2D eigenvalue weighted by Gasteiger charge is -2.44. The first-order valence-electron chi connectivity index (χ1n) is 6.35. The number of nitrogens with zero attached hydrogens (tertiary/aromatic N) is 1. The first-order valence-corrected chi connectivity index (χ1v) is 7.11. The SMILES string of the molecule is COC(CCN(C)C)(C(F)(F)F)C(F)(F)C(F)(F)OC(F)(Cl)C(F)(F)Cl. The summed E-state index contributed by atoms with van der Waals surface area (Å²) in [5, 5.41) is -10.9. The second-order valence-electron chi connectivity index (χ2n) is 5.29. The van der Waals surface area contributed by atoms with Crippen molar-refractivity contribution in [1.82, 2.24) is 4.90 Å². The van der Waals surface area contributed by atoms with Gasteiger partial charge < -0.3 is 9.64 Å². The monoisotopic (exact) mass is 451 g/mol. The molecule has 15 heteroatoms. The highest BCUT2D eigenvalue weighted by Gasteiger charge is 2.81. The minimum atomic E-state index is -6.50. The largest absolute Gasteiger partial charge is 0.426 e. The lowest BCUT2D eigenvalue weighted by atomic mass is 9.89. The van der Waals surface area contributed by atoms with Gasteiger partial charge in [0.05, 0.1) is 0 Å². The second-order valence-corrected chi connectivity index (χ2v) is 6.25. The maximum atomic E-state index is 14.1. The van der Waals surface area contributed by atoms with Crippen LogP contribution in [0.15, 0.2) is 0 Å². The van der Waals surface area contributed by atoms with Crippen molar-refractivity contribution in [3.63, 3.8) is 0 Å². The van der Waals surface area contributed by atoms with Crippen LogP contribution in [0.1, 0.15) is 6.42 Å². The van der Waals surface area contributed by atoms with Gasteiger partial charge in [0.15, 0.2) is 0 Å². The van der Waals surface area contributed by atoms with Crippen LogP contribution < -0.4 is 0 Å². The number of hydrogen-bond donors (Lipinski definition) is 0. The van der Waals surface area contributed by atoms with E-state index in [0.29, 0.717) is 0 Å². The van der Waals surface area contributed by atoms with Crippen molar-refractivity contribution < 1.29 is 53.4 Å². The van der Waals surface area contributed by atoms with Gasteiger partial charge in [-0.05, 0) is 37.3 Å². The van der Waals surface area contributed by atoms with Crippen LogP contribution in [0.25, 0.3) is 0 Å². The third-order valence-electron chi connectivity index (χ3n) is 3.18. The maximum absolute atomic E-state index is 14.1. The van der Waals surface area contributed by atoms with Gasteiger partial charge in [0.1, 0.15) is 0 Å². The molecule has 0 aromatic rings.